The van der Waals surface area contributed by atoms with Crippen LogP contribution in [-0.2, 0) is 9.59 Å². The number of fused-ring (bicyclic) bond motifs is 1. The Balaban J connectivity index is 1.04. The summed E-state index contributed by atoms with van der Waals surface area (Å²) in [5.41, 5.74) is 2.57. The van der Waals surface area contributed by atoms with Crippen molar-refractivity contribution < 1.29 is 14.4 Å². The smallest absolute Gasteiger partial charge is 0.257 e. The van der Waals surface area contributed by atoms with Crippen LogP contribution in [0.25, 0.3) is 0 Å². The van der Waals surface area contributed by atoms with E-state index in [1.807, 2.05) is 52.0 Å². The topological polar surface area (TPSA) is 80.3 Å². The van der Waals surface area contributed by atoms with Crippen LogP contribution in [0.2, 0.25) is 5.02 Å². The third-order valence-electron chi connectivity index (χ3n) is 10.2. The zero-order valence-corrected chi connectivity index (χ0v) is 26.8. The molecule has 2 aromatic rings. The Kier molecular flexibility index (Phi) is 9.42. The number of piperidine rings is 1. The van der Waals surface area contributed by atoms with Crippen LogP contribution < -0.4 is 9.80 Å². The molecule has 2 atom stereocenters. The first kappa shape index (κ1) is 30.8. The van der Waals surface area contributed by atoms with Gasteiger partial charge in [0.25, 0.3) is 5.91 Å². The lowest BCUT2D eigenvalue weighted by Gasteiger charge is -2.34. The molecule has 0 bridgehead atoms. The fourth-order valence-corrected chi connectivity index (χ4v) is 7.76. The van der Waals surface area contributed by atoms with Crippen LogP contribution >= 0.6 is 11.6 Å². The molecule has 9 nitrogen and oxygen atoms in total. The average molecular weight is 621 g/mol. The van der Waals surface area contributed by atoms with Crippen molar-refractivity contribution >= 4 is 40.8 Å². The third-order valence-corrected chi connectivity index (χ3v) is 10.6. The number of halogens is 1. The molecule has 0 unspecified atom stereocenters. The van der Waals surface area contributed by atoms with Gasteiger partial charge in [-0.2, -0.15) is 0 Å². The highest BCUT2D eigenvalue weighted by Crippen LogP contribution is 2.34. The number of nitrogens with zero attached hydrogens (tertiary/aromatic N) is 6. The summed E-state index contributed by atoms with van der Waals surface area (Å²) in [6.45, 7) is 11.8. The number of pyridine rings is 1. The molecule has 3 amide bonds. The quantitative estimate of drug-likeness (QED) is 0.437. The largest absolute Gasteiger partial charge is 0.356 e. The lowest BCUT2D eigenvalue weighted by molar-refractivity contribution is -0.133. The number of benzene rings is 1. The van der Waals surface area contributed by atoms with E-state index in [4.69, 9.17) is 11.6 Å². The summed E-state index contributed by atoms with van der Waals surface area (Å²) >= 11 is 6.48. The van der Waals surface area contributed by atoms with E-state index in [0.29, 0.717) is 49.3 Å². The van der Waals surface area contributed by atoms with Crippen LogP contribution in [0.15, 0.2) is 36.5 Å². The summed E-state index contributed by atoms with van der Waals surface area (Å²) in [4.78, 5) is 54.3. The van der Waals surface area contributed by atoms with E-state index in [1.54, 1.807) is 13.1 Å². The molecule has 5 heterocycles. The van der Waals surface area contributed by atoms with Crippen molar-refractivity contribution in [2.24, 2.45) is 17.8 Å². The lowest BCUT2D eigenvalue weighted by atomic mass is 9.94. The fourth-order valence-electron chi connectivity index (χ4n) is 7.58. The predicted molar refractivity (Wildman–Crippen MR) is 173 cm³/mol. The molecule has 4 fully saturated rings. The second kappa shape index (κ2) is 13.4. The molecule has 4 saturated heterocycles. The molecule has 4 aliphatic rings. The zero-order valence-electron chi connectivity index (χ0n) is 26.1. The molecular formula is C34H45ClN6O3. The Morgan fingerprint density at radius 1 is 0.955 bits per heavy atom. The summed E-state index contributed by atoms with van der Waals surface area (Å²) in [6.07, 6.45) is 6.34. The number of hydrogen-bond donors (Lipinski definition) is 0. The Labute approximate surface area is 266 Å². The maximum absolute atomic E-state index is 13.8. The van der Waals surface area contributed by atoms with Gasteiger partial charge in [-0.3, -0.25) is 14.4 Å². The highest BCUT2D eigenvalue weighted by Gasteiger charge is 2.42. The van der Waals surface area contributed by atoms with Crippen LogP contribution in [-0.4, -0.2) is 103 Å². The Bertz CT molecular complexity index is 1360. The molecule has 4 aliphatic heterocycles. The van der Waals surface area contributed by atoms with Gasteiger partial charge in [0.05, 0.1) is 5.56 Å². The summed E-state index contributed by atoms with van der Waals surface area (Å²) in [6, 6.07) is 9.68. The first-order valence-electron chi connectivity index (χ1n) is 16.3. The number of hydrogen-bond acceptors (Lipinski definition) is 6. The van der Waals surface area contributed by atoms with Crippen molar-refractivity contribution in [3.05, 3.63) is 52.7 Å². The van der Waals surface area contributed by atoms with Crippen LogP contribution in [0.4, 0.5) is 11.5 Å². The summed E-state index contributed by atoms with van der Waals surface area (Å²) < 4.78 is 0. The van der Waals surface area contributed by atoms with Gasteiger partial charge >= 0.3 is 0 Å². The monoisotopic (exact) mass is 620 g/mol. The fraction of sp³-hybridized carbons (Fsp3) is 0.588. The number of carbonyl (C=O) groups is 3. The molecule has 1 aromatic carbocycles. The second-order valence-electron chi connectivity index (χ2n) is 13.1. The zero-order chi connectivity index (χ0) is 30.8. The summed E-state index contributed by atoms with van der Waals surface area (Å²) in [5.74, 6) is 2.02. The van der Waals surface area contributed by atoms with Crippen molar-refractivity contribution in [1.82, 2.24) is 19.7 Å². The molecule has 6 rings (SSSR count). The van der Waals surface area contributed by atoms with Crippen molar-refractivity contribution in [1.29, 1.82) is 0 Å². The molecule has 236 valence electrons. The molecule has 0 radical (unpaired) electrons. The van der Waals surface area contributed by atoms with E-state index in [2.05, 4.69) is 14.8 Å². The minimum Gasteiger partial charge on any atom is -0.356 e. The molecule has 0 aliphatic carbocycles. The van der Waals surface area contributed by atoms with Crippen molar-refractivity contribution in [2.45, 2.75) is 46.0 Å². The number of rotatable bonds is 8. The first-order valence-corrected chi connectivity index (χ1v) is 16.7. The van der Waals surface area contributed by atoms with Crippen molar-refractivity contribution in [3.8, 4) is 0 Å². The molecule has 0 saturated carbocycles. The summed E-state index contributed by atoms with van der Waals surface area (Å²) in [5, 5.41) is 0.664. The standard InChI is InChI=1S/C34H45ClN6O3/c1-24-8-9-29(19-31(24)35)41(33(43)26-10-17-38(18-11-26)25(2)42)16-6-13-37-20-27-22-40(23-28(27)21-37)34(44)30-7-5-12-36-32(30)39-14-3-4-15-39/h5,7-9,12,19,26-28H,3-4,6,10-11,13-18,20-23H2,1-2H3/t27-,28+. The van der Waals surface area contributed by atoms with Crippen molar-refractivity contribution in [3.63, 3.8) is 0 Å². The van der Waals surface area contributed by atoms with Crippen molar-refractivity contribution in [2.75, 3.05) is 75.2 Å². The second-order valence-corrected chi connectivity index (χ2v) is 13.5. The lowest BCUT2D eigenvalue weighted by Crippen LogP contribution is -2.44. The number of carbonyl (C=O) groups excluding carboxylic acids is 3. The normalized spacial score (nSPS) is 22.5. The molecule has 0 spiro atoms. The number of likely N-dealkylation sites (tertiary alicyclic amines) is 3. The minimum atomic E-state index is -0.0915. The number of aromatic nitrogens is 1. The Morgan fingerprint density at radius 3 is 2.32 bits per heavy atom. The van der Waals surface area contributed by atoms with Gasteiger partial charge in [-0.05, 0) is 87.2 Å². The maximum Gasteiger partial charge on any atom is 0.257 e. The van der Waals surface area contributed by atoms with Gasteiger partial charge in [0, 0.05) is 88.7 Å². The third kappa shape index (κ3) is 6.59. The van der Waals surface area contributed by atoms with Crippen LogP contribution in [0.1, 0.15) is 54.9 Å². The van der Waals surface area contributed by atoms with E-state index >= 15 is 0 Å². The van der Waals surface area contributed by atoms with E-state index in [9.17, 15) is 14.4 Å². The number of amides is 3. The highest BCUT2D eigenvalue weighted by atomic mass is 35.5. The van der Waals surface area contributed by atoms with Gasteiger partial charge in [-0.25, -0.2) is 4.98 Å². The maximum atomic E-state index is 13.8. The summed E-state index contributed by atoms with van der Waals surface area (Å²) in [7, 11) is 0. The SMILES string of the molecule is CC(=O)N1CCC(C(=O)N(CCCN2C[C@@H]3CN(C(=O)c4cccnc4N4CCCC4)C[C@@H]3C2)c2ccc(C)c(Cl)c2)CC1. The first-order chi connectivity index (χ1) is 21.3. The number of anilines is 2. The van der Waals surface area contributed by atoms with Gasteiger partial charge < -0.3 is 24.5 Å². The van der Waals surface area contributed by atoms with Gasteiger partial charge in [0.1, 0.15) is 5.82 Å². The molecular weight excluding hydrogens is 576 g/mol. The predicted octanol–water partition coefficient (Wildman–Crippen LogP) is 4.33. The van der Waals surface area contributed by atoms with E-state index in [0.717, 1.165) is 87.7 Å². The molecule has 0 N–H and O–H groups in total. The molecule has 10 heteroatoms. The van der Waals surface area contributed by atoms with Gasteiger partial charge in [-0.15, -0.1) is 0 Å². The number of aryl methyl sites for hydroxylation is 1. The Hall–Kier alpha value is -3.17. The van der Waals surface area contributed by atoms with E-state index in [1.165, 1.54) is 0 Å². The van der Waals surface area contributed by atoms with E-state index in [-0.39, 0.29) is 23.6 Å². The minimum absolute atomic E-state index is 0.0739. The average Bonchev–Trinajstić information content (AvgIpc) is 3.78. The van der Waals surface area contributed by atoms with Crippen LogP contribution in [0.5, 0.6) is 0 Å². The van der Waals surface area contributed by atoms with Crippen LogP contribution in [0.3, 0.4) is 0 Å². The Morgan fingerprint density at radius 2 is 1.66 bits per heavy atom. The van der Waals surface area contributed by atoms with Crippen LogP contribution in [0, 0.1) is 24.7 Å². The van der Waals surface area contributed by atoms with E-state index < -0.39 is 0 Å². The molecule has 44 heavy (non-hydrogen) atoms. The van der Waals surface area contributed by atoms with Gasteiger partial charge in [0.2, 0.25) is 11.8 Å². The molecule has 1 aromatic heterocycles. The van der Waals surface area contributed by atoms with Gasteiger partial charge in [0.15, 0.2) is 0 Å². The highest BCUT2D eigenvalue weighted by molar-refractivity contribution is 6.31. The van der Waals surface area contributed by atoms with Gasteiger partial charge in [-0.1, -0.05) is 17.7 Å².